The Morgan fingerprint density at radius 2 is 2.18 bits per heavy atom. The fraction of sp³-hybridized carbons (Fsp3) is 0.462. The second kappa shape index (κ2) is 6.07. The summed E-state index contributed by atoms with van der Waals surface area (Å²) in [5, 5.41) is 3.44. The van der Waals surface area contributed by atoms with Crippen LogP contribution >= 0.6 is 11.8 Å². The normalized spacial score (nSPS) is 17.7. The molecular formula is C13H19N3S. The van der Waals surface area contributed by atoms with E-state index in [4.69, 9.17) is 0 Å². The molecule has 1 aromatic carbocycles. The molecule has 17 heavy (non-hydrogen) atoms. The van der Waals surface area contributed by atoms with E-state index in [1.165, 1.54) is 10.6 Å². The maximum Gasteiger partial charge on any atom is 0.102 e. The maximum atomic E-state index is 4.63. The van der Waals surface area contributed by atoms with Crippen molar-refractivity contribution in [3.05, 3.63) is 24.3 Å². The number of aliphatic imine (C=N–C) groups is 1. The van der Waals surface area contributed by atoms with Crippen LogP contribution in [-0.2, 0) is 0 Å². The van der Waals surface area contributed by atoms with Crippen LogP contribution in [0.3, 0.4) is 0 Å². The molecule has 0 amide bonds. The Balaban J connectivity index is 2.02. The van der Waals surface area contributed by atoms with Crippen LogP contribution in [-0.4, -0.2) is 43.7 Å². The van der Waals surface area contributed by atoms with Crippen molar-refractivity contribution in [2.45, 2.75) is 11.3 Å². The standard InChI is InChI=1S/C13H19N3S/c1-16(2)9-8-14-13-7-10-17-12-6-4-3-5-11(12)15-13/h3-6H,7-10H2,1-2H3,(H,14,15). The van der Waals surface area contributed by atoms with Gasteiger partial charge >= 0.3 is 0 Å². The first-order valence-corrected chi connectivity index (χ1v) is 6.91. The molecule has 1 heterocycles. The zero-order chi connectivity index (χ0) is 12.1. The summed E-state index contributed by atoms with van der Waals surface area (Å²) < 4.78 is 0. The Kier molecular flexibility index (Phi) is 4.45. The average Bonchev–Trinajstić information content (AvgIpc) is 2.50. The molecule has 0 aliphatic carbocycles. The van der Waals surface area contributed by atoms with Crippen molar-refractivity contribution in [3.63, 3.8) is 0 Å². The number of hydrogen-bond donors (Lipinski definition) is 1. The van der Waals surface area contributed by atoms with Gasteiger partial charge in [0.2, 0.25) is 0 Å². The number of amidine groups is 1. The summed E-state index contributed by atoms with van der Waals surface area (Å²) >= 11 is 1.90. The second-order valence-electron chi connectivity index (χ2n) is 4.35. The molecule has 0 fully saturated rings. The van der Waals surface area contributed by atoms with Gasteiger partial charge in [0.15, 0.2) is 0 Å². The number of anilines is 1. The quantitative estimate of drug-likeness (QED) is 0.892. The van der Waals surface area contributed by atoms with Crippen LogP contribution in [0.2, 0.25) is 0 Å². The highest BCUT2D eigenvalue weighted by Crippen LogP contribution is 2.30. The molecule has 2 rings (SSSR count). The fourth-order valence-electron chi connectivity index (χ4n) is 1.67. The smallest absolute Gasteiger partial charge is 0.102 e. The molecular weight excluding hydrogens is 230 g/mol. The van der Waals surface area contributed by atoms with Crippen molar-refractivity contribution < 1.29 is 0 Å². The van der Waals surface area contributed by atoms with Gasteiger partial charge in [0.05, 0.1) is 12.2 Å². The molecule has 1 aromatic rings. The second-order valence-corrected chi connectivity index (χ2v) is 5.49. The van der Waals surface area contributed by atoms with E-state index in [-0.39, 0.29) is 0 Å². The predicted octanol–water partition coefficient (Wildman–Crippen LogP) is 2.55. The SMILES string of the molecule is CN(C)CCN=C1CCSc2ccccc2N1. The Bertz CT molecular complexity index is 401. The van der Waals surface area contributed by atoms with E-state index in [1.54, 1.807) is 0 Å². The Hall–Kier alpha value is -1.00. The molecule has 4 heteroatoms. The highest BCUT2D eigenvalue weighted by molar-refractivity contribution is 7.99. The lowest BCUT2D eigenvalue weighted by Crippen LogP contribution is -2.18. The topological polar surface area (TPSA) is 27.6 Å². The molecule has 1 aliphatic heterocycles. The van der Waals surface area contributed by atoms with E-state index in [0.717, 1.165) is 31.1 Å². The predicted molar refractivity (Wildman–Crippen MR) is 76.3 cm³/mol. The number of nitrogens with zero attached hydrogens (tertiary/aromatic N) is 2. The third-order valence-electron chi connectivity index (χ3n) is 2.61. The van der Waals surface area contributed by atoms with Crippen LogP contribution in [0.25, 0.3) is 0 Å². The first-order chi connectivity index (χ1) is 8.25. The van der Waals surface area contributed by atoms with Crippen molar-refractivity contribution in [2.75, 3.05) is 38.3 Å². The summed E-state index contributed by atoms with van der Waals surface area (Å²) in [5.74, 6) is 2.22. The lowest BCUT2D eigenvalue weighted by molar-refractivity contribution is 0.420. The Morgan fingerprint density at radius 3 is 3.00 bits per heavy atom. The van der Waals surface area contributed by atoms with Crippen LogP contribution in [0.15, 0.2) is 34.2 Å². The maximum absolute atomic E-state index is 4.63. The lowest BCUT2D eigenvalue weighted by atomic mass is 10.3. The van der Waals surface area contributed by atoms with E-state index < -0.39 is 0 Å². The third kappa shape index (κ3) is 3.75. The summed E-state index contributed by atoms with van der Waals surface area (Å²) in [5.41, 5.74) is 1.19. The number of fused-ring (bicyclic) bond motifs is 1. The Morgan fingerprint density at radius 1 is 1.35 bits per heavy atom. The third-order valence-corrected chi connectivity index (χ3v) is 3.69. The lowest BCUT2D eigenvalue weighted by Gasteiger charge is -2.10. The number of rotatable bonds is 3. The van der Waals surface area contributed by atoms with Gasteiger partial charge in [-0.25, -0.2) is 0 Å². The minimum absolute atomic E-state index is 0.863. The van der Waals surface area contributed by atoms with Crippen LogP contribution in [0, 0.1) is 0 Å². The first-order valence-electron chi connectivity index (χ1n) is 5.92. The molecule has 92 valence electrons. The molecule has 0 atom stereocenters. The van der Waals surface area contributed by atoms with Crippen molar-refractivity contribution in [2.24, 2.45) is 4.99 Å². The van der Waals surface area contributed by atoms with Crippen LogP contribution in [0.4, 0.5) is 5.69 Å². The summed E-state index contributed by atoms with van der Waals surface area (Å²) in [6, 6.07) is 8.43. The van der Waals surface area contributed by atoms with Gasteiger partial charge in [-0.05, 0) is 26.2 Å². The highest BCUT2D eigenvalue weighted by Gasteiger charge is 2.10. The molecule has 0 radical (unpaired) electrons. The van der Waals surface area contributed by atoms with Gasteiger partial charge in [-0.2, -0.15) is 0 Å². The number of hydrogen-bond acceptors (Lipinski definition) is 3. The van der Waals surface area contributed by atoms with E-state index >= 15 is 0 Å². The largest absolute Gasteiger partial charge is 0.343 e. The number of benzene rings is 1. The van der Waals surface area contributed by atoms with E-state index in [9.17, 15) is 0 Å². The van der Waals surface area contributed by atoms with Crippen molar-refractivity contribution in [1.82, 2.24) is 4.90 Å². The molecule has 1 aliphatic rings. The van der Waals surface area contributed by atoms with Crippen LogP contribution < -0.4 is 5.32 Å². The first kappa shape index (κ1) is 12.5. The minimum Gasteiger partial charge on any atom is -0.343 e. The number of nitrogens with one attached hydrogen (secondary N) is 1. The number of thioether (sulfide) groups is 1. The summed E-state index contributed by atoms with van der Waals surface area (Å²) in [4.78, 5) is 8.11. The fourth-order valence-corrected chi connectivity index (χ4v) is 2.64. The van der Waals surface area contributed by atoms with E-state index in [2.05, 4.69) is 53.6 Å². The van der Waals surface area contributed by atoms with Crippen LogP contribution in [0.5, 0.6) is 0 Å². The van der Waals surface area contributed by atoms with Gasteiger partial charge in [0.1, 0.15) is 5.84 Å². The minimum atomic E-state index is 0.863. The van der Waals surface area contributed by atoms with Gasteiger partial charge < -0.3 is 10.2 Å². The summed E-state index contributed by atoms with van der Waals surface area (Å²) in [7, 11) is 4.15. The zero-order valence-electron chi connectivity index (χ0n) is 10.4. The highest BCUT2D eigenvalue weighted by atomic mass is 32.2. The van der Waals surface area contributed by atoms with Crippen molar-refractivity contribution in [1.29, 1.82) is 0 Å². The molecule has 1 N–H and O–H groups in total. The summed E-state index contributed by atoms with van der Waals surface area (Å²) in [6.45, 7) is 1.86. The monoisotopic (exact) mass is 249 g/mol. The molecule has 3 nitrogen and oxygen atoms in total. The van der Waals surface area contributed by atoms with Gasteiger partial charge in [0, 0.05) is 23.6 Å². The van der Waals surface area contributed by atoms with Crippen molar-refractivity contribution in [3.8, 4) is 0 Å². The molecule has 0 spiro atoms. The Labute approximate surface area is 107 Å². The van der Waals surface area contributed by atoms with E-state index in [1.807, 2.05) is 11.8 Å². The van der Waals surface area contributed by atoms with Gasteiger partial charge in [0.25, 0.3) is 0 Å². The molecule has 0 unspecified atom stereocenters. The van der Waals surface area contributed by atoms with Gasteiger partial charge in [-0.1, -0.05) is 12.1 Å². The van der Waals surface area contributed by atoms with Gasteiger partial charge in [-0.3, -0.25) is 4.99 Å². The number of para-hydroxylation sites is 1. The zero-order valence-corrected chi connectivity index (χ0v) is 11.3. The van der Waals surface area contributed by atoms with Gasteiger partial charge in [-0.15, -0.1) is 11.8 Å². The molecule has 0 aromatic heterocycles. The van der Waals surface area contributed by atoms with Crippen molar-refractivity contribution >= 4 is 23.3 Å². The molecule has 0 saturated heterocycles. The average molecular weight is 249 g/mol. The summed E-state index contributed by atoms with van der Waals surface area (Å²) in [6.07, 6.45) is 1.02. The number of likely N-dealkylation sites (N-methyl/N-ethyl adjacent to an activating group) is 1. The van der Waals surface area contributed by atoms with Crippen LogP contribution in [0.1, 0.15) is 6.42 Å². The molecule has 0 bridgehead atoms. The molecule has 0 saturated carbocycles. The van der Waals surface area contributed by atoms with E-state index in [0.29, 0.717) is 0 Å².